The summed E-state index contributed by atoms with van der Waals surface area (Å²) in [5, 5.41) is 14.6. The van der Waals surface area contributed by atoms with Crippen molar-refractivity contribution in [2.75, 3.05) is 13.2 Å². The van der Waals surface area contributed by atoms with E-state index in [0.717, 1.165) is 12.5 Å². The van der Waals surface area contributed by atoms with Crippen molar-refractivity contribution in [3.63, 3.8) is 0 Å². The second-order valence-electron chi connectivity index (χ2n) is 7.02. The van der Waals surface area contributed by atoms with Crippen molar-refractivity contribution in [3.05, 3.63) is 35.7 Å². The molecule has 1 fully saturated rings. The first-order chi connectivity index (χ1) is 12.7. The molecule has 1 atom stereocenters. The Hall–Kier alpha value is -2.68. The first kappa shape index (κ1) is 17.7. The third-order valence-corrected chi connectivity index (χ3v) is 4.88. The summed E-state index contributed by atoms with van der Waals surface area (Å²) in [6.45, 7) is 4.70. The van der Waals surface area contributed by atoms with Crippen molar-refractivity contribution in [2.45, 2.75) is 32.0 Å². The van der Waals surface area contributed by atoms with Gasteiger partial charge in [-0.25, -0.2) is 9.97 Å². The minimum absolute atomic E-state index is 0.211. The molecule has 1 saturated heterocycles. The van der Waals surface area contributed by atoms with E-state index in [-0.39, 0.29) is 22.4 Å². The van der Waals surface area contributed by atoms with Gasteiger partial charge in [-0.1, -0.05) is 0 Å². The van der Waals surface area contributed by atoms with Crippen molar-refractivity contribution in [1.29, 1.82) is 0 Å². The van der Waals surface area contributed by atoms with E-state index >= 15 is 0 Å². The highest BCUT2D eigenvalue weighted by Gasteiger charge is 2.34. The van der Waals surface area contributed by atoms with E-state index < -0.39 is 17.5 Å². The molecule has 1 aliphatic heterocycles. The quantitative estimate of drug-likeness (QED) is 0.737. The number of aromatic nitrogens is 4. The van der Waals surface area contributed by atoms with Gasteiger partial charge in [0.2, 0.25) is 0 Å². The van der Waals surface area contributed by atoms with E-state index in [2.05, 4.69) is 15.1 Å². The number of benzene rings is 1. The molecular formula is C18H17F3N4O2. The maximum Gasteiger partial charge on any atom is 0.416 e. The van der Waals surface area contributed by atoms with Gasteiger partial charge in [-0.3, -0.25) is 4.68 Å². The number of alkyl halides is 3. The predicted octanol–water partition coefficient (Wildman–Crippen LogP) is 3.66. The molecule has 0 radical (unpaired) electrons. The average Bonchev–Trinajstić information content (AvgIpc) is 3.20. The fourth-order valence-corrected chi connectivity index (χ4v) is 3.30. The first-order valence-electron chi connectivity index (χ1n) is 8.39. The zero-order chi connectivity index (χ0) is 19.4. The van der Waals surface area contributed by atoms with Crippen molar-refractivity contribution in [1.82, 2.24) is 19.7 Å². The summed E-state index contributed by atoms with van der Waals surface area (Å²) in [5.41, 5.74) is 0.469. The van der Waals surface area contributed by atoms with Crippen LogP contribution in [0.4, 0.5) is 13.2 Å². The Morgan fingerprint density at radius 1 is 1.30 bits per heavy atom. The van der Waals surface area contributed by atoms with Gasteiger partial charge in [0.05, 0.1) is 35.8 Å². The molecule has 1 aromatic carbocycles. The van der Waals surface area contributed by atoms with Crippen LogP contribution in [-0.4, -0.2) is 38.1 Å². The van der Waals surface area contributed by atoms with E-state index in [1.807, 2.05) is 6.92 Å². The molecule has 6 nitrogen and oxygen atoms in total. The highest BCUT2D eigenvalue weighted by atomic mass is 19.4. The normalized spacial score (nSPS) is 20.5. The molecule has 1 unspecified atom stereocenters. The van der Waals surface area contributed by atoms with Crippen molar-refractivity contribution in [3.8, 4) is 17.0 Å². The smallest absolute Gasteiger partial charge is 0.416 e. The SMILES string of the molecule is Cc1cc(C(F)(F)F)cc(O)c1-c1cnc2cn(C3(C)CCOC3)nc2n1. The number of hydrogen-bond acceptors (Lipinski definition) is 5. The van der Waals surface area contributed by atoms with E-state index in [1.165, 1.54) is 13.1 Å². The van der Waals surface area contributed by atoms with Crippen LogP contribution in [0.15, 0.2) is 24.5 Å². The number of aromatic hydroxyl groups is 1. The molecule has 0 amide bonds. The van der Waals surface area contributed by atoms with Crippen molar-refractivity contribution >= 4 is 11.2 Å². The monoisotopic (exact) mass is 378 g/mol. The lowest BCUT2D eigenvalue weighted by Gasteiger charge is -2.21. The van der Waals surface area contributed by atoms with Gasteiger partial charge in [-0.15, -0.1) is 5.10 Å². The lowest BCUT2D eigenvalue weighted by atomic mass is 10.0. The standard InChI is InChI=1S/C18H17F3N4O2/c1-10-5-11(18(19,20)21)6-14(26)15(10)12-7-22-13-8-25(24-16(13)23-12)17(2)3-4-27-9-17/h5-8,26H,3-4,9H2,1-2H3. The molecule has 1 aliphatic rings. The van der Waals surface area contributed by atoms with Crippen LogP contribution < -0.4 is 0 Å². The Kier molecular flexibility index (Phi) is 3.88. The van der Waals surface area contributed by atoms with E-state index in [1.54, 1.807) is 10.9 Å². The van der Waals surface area contributed by atoms with Crippen LogP contribution in [0.25, 0.3) is 22.4 Å². The number of hydrogen-bond donors (Lipinski definition) is 1. The summed E-state index contributed by atoms with van der Waals surface area (Å²) in [6, 6.07) is 1.68. The topological polar surface area (TPSA) is 73.1 Å². The Morgan fingerprint density at radius 2 is 2.07 bits per heavy atom. The van der Waals surface area contributed by atoms with Gasteiger partial charge >= 0.3 is 6.18 Å². The van der Waals surface area contributed by atoms with Crippen LogP contribution >= 0.6 is 0 Å². The number of phenolic OH excluding ortho intramolecular Hbond substituents is 1. The summed E-state index contributed by atoms with van der Waals surface area (Å²) in [4.78, 5) is 8.72. The van der Waals surface area contributed by atoms with Crippen LogP contribution in [0.5, 0.6) is 5.75 Å². The third kappa shape index (κ3) is 3.01. The number of aryl methyl sites for hydroxylation is 1. The van der Waals surface area contributed by atoms with Gasteiger partial charge in [0.15, 0.2) is 5.65 Å². The first-order valence-corrected chi connectivity index (χ1v) is 8.39. The zero-order valence-corrected chi connectivity index (χ0v) is 14.7. The molecule has 1 N–H and O–H groups in total. The molecule has 0 spiro atoms. The Labute approximate surface area is 152 Å². The van der Waals surface area contributed by atoms with Crippen molar-refractivity contribution < 1.29 is 23.0 Å². The average molecular weight is 378 g/mol. The van der Waals surface area contributed by atoms with Gasteiger partial charge in [0, 0.05) is 12.2 Å². The Morgan fingerprint density at radius 3 is 2.70 bits per heavy atom. The van der Waals surface area contributed by atoms with Gasteiger partial charge in [-0.05, 0) is 38.0 Å². The second-order valence-corrected chi connectivity index (χ2v) is 7.02. The number of ether oxygens (including phenoxy) is 1. The maximum absolute atomic E-state index is 12.9. The largest absolute Gasteiger partial charge is 0.507 e. The summed E-state index contributed by atoms with van der Waals surface area (Å²) in [7, 11) is 0. The third-order valence-electron chi connectivity index (χ3n) is 4.88. The molecule has 0 saturated carbocycles. The highest BCUT2D eigenvalue weighted by molar-refractivity contribution is 5.77. The van der Waals surface area contributed by atoms with Crippen LogP contribution in [-0.2, 0) is 16.5 Å². The second kappa shape index (κ2) is 5.91. The number of nitrogens with zero attached hydrogens (tertiary/aromatic N) is 4. The molecule has 3 heterocycles. The van der Waals surface area contributed by atoms with Gasteiger partial charge in [0.25, 0.3) is 0 Å². The number of rotatable bonds is 2. The van der Waals surface area contributed by atoms with E-state index in [4.69, 9.17) is 4.74 Å². The minimum atomic E-state index is -4.53. The lowest BCUT2D eigenvalue weighted by Crippen LogP contribution is -2.30. The molecule has 4 rings (SSSR count). The zero-order valence-electron chi connectivity index (χ0n) is 14.7. The highest BCUT2D eigenvalue weighted by Crippen LogP contribution is 2.38. The van der Waals surface area contributed by atoms with Gasteiger partial charge < -0.3 is 9.84 Å². The molecule has 9 heteroatoms. The molecule has 0 bridgehead atoms. The summed E-state index contributed by atoms with van der Waals surface area (Å²) in [5.74, 6) is -0.494. The molecular weight excluding hydrogens is 361 g/mol. The lowest BCUT2D eigenvalue weighted by molar-refractivity contribution is -0.137. The van der Waals surface area contributed by atoms with Crippen molar-refractivity contribution in [2.24, 2.45) is 0 Å². The predicted molar refractivity (Wildman–Crippen MR) is 91.2 cm³/mol. The summed E-state index contributed by atoms with van der Waals surface area (Å²) >= 11 is 0. The maximum atomic E-state index is 12.9. The Bertz CT molecular complexity index is 1000. The van der Waals surface area contributed by atoms with E-state index in [9.17, 15) is 18.3 Å². The Balaban J connectivity index is 1.79. The van der Waals surface area contributed by atoms with Crippen LogP contribution in [0.1, 0.15) is 24.5 Å². The van der Waals surface area contributed by atoms with Crippen LogP contribution in [0.3, 0.4) is 0 Å². The van der Waals surface area contributed by atoms with Gasteiger partial charge in [-0.2, -0.15) is 13.2 Å². The fourth-order valence-electron chi connectivity index (χ4n) is 3.30. The van der Waals surface area contributed by atoms with Crippen LogP contribution in [0.2, 0.25) is 0 Å². The van der Waals surface area contributed by atoms with Gasteiger partial charge in [0.1, 0.15) is 11.3 Å². The number of phenols is 1. The fraction of sp³-hybridized carbons (Fsp3) is 0.389. The van der Waals surface area contributed by atoms with E-state index in [0.29, 0.717) is 30.4 Å². The molecule has 142 valence electrons. The minimum Gasteiger partial charge on any atom is -0.507 e. The number of halogens is 3. The molecule has 2 aromatic heterocycles. The summed E-state index contributed by atoms with van der Waals surface area (Å²) in [6.07, 6.45) is -0.516. The molecule has 27 heavy (non-hydrogen) atoms. The van der Waals surface area contributed by atoms with Crippen LogP contribution in [0, 0.1) is 6.92 Å². The molecule has 3 aromatic rings. The molecule has 0 aliphatic carbocycles. The number of fused-ring (bicyclic) bond motifs is 1. The summed E-state index contributed by atoms with van der Waals surface area (Å²) < 4.78 is 46.0.